The molecule has 2 aliphatic rings. The van der Waals surface area contributed by atoms with Gasteiger partial charge in [0.05, 0.1) is 13.7 Å². The maximum atomic E-state index is 13.8. The lowest BCUT2D eigenvalue weighted by molar-refractivity contribution is -0.0439. The van der Waals surface area contributed by atoms with E-state index < -0.39 is 11.3 Å². The van der Waals surface area contributed by atoms with Crippen molar-refractivity contribution < 1.29 is 32.5 Å². The number of hydrogen-bond acceptors (Lipinski definition) is 5. The van der Waals surface area contributed by atoms with E-state index in [1.807, 2.05) is 0 Å². The molecule has 2 fully saturated rings. The molecular formula is C24H27F2NO5. The van der Waals surface area contributed by atoms with Crippen molar-refractivity contribution in [2.75, 3.05) is 33.6 Å². The number of rotatable bonds is 6. The highest BCUT2D eigenvalue weighted by molar-refractivity contribution is 5.95. The van der Waals surface area contributed by atoms with Gasteiger partial charge in [0.1, 0.15) is 36.6 Å². The van der Waals surface area contributed by atoms with E-state index in [2.05, 4.69) is 0 Å². The zero-order valence-corrected chi connectivity index (χ0v) is 18.4. The summed E-state index contributed by atoms with van der Waals surface area (Å²) in [6.45, 7) is 3.63. The second-order valence-corrected chi connectivity index (χ2v) is 8.69. The number of piperidine rings is 1. The van der Waals surface area contributed by atoms with Crippen LogP contribution in [0.25, 0.3) is 0 Å². The summed E-state index contributed by atoms with van der Waals surface area (Å²) in [5, 5.41) is 0. The smallest absolute Gasteiger partial charge is 0.254 e. The predicted molar refractivity (Wildman–Crippen MR) is 113 cm³/mol. The molecule has 0 spiro atoms. The van der Waals surface area contributed by atoms with Gasteiger partial charge in [0, 0.05) is 18.5 Å². The van der Waals surface area contributed by atoms with Gasteiger partial charge in [-0.15, -0.1) is 0 Å². The van der Waals surface area contributed by atoms with Crippen LogP contribution in [-0.2, 0) is 15.1 Å². The number of amides is 1. The summed E-state index contributed by atoms with van der Waals surface area (Å²) in [6.07, 6.45) is 0.167. The lowest BCUT2D eigenvalue weighted by atomic mass is 9.82. The fourth-order valence-electron chi connectivity index (χ4n) is 4.16. The minimum Gasteiger partial charge on any atom is -0.493 e. The highest BCUT2D eigenvalue weighted by atomic mass is 19.1. The molecule has 0 radical (unpaired) electrons. The van der Waals surface area contributed by atoms with E-state index in [-0.39, 0.29) is 31.2 Å². The number of ether oxygens (including phenoxy) is 4. The van der Waals surface area contributed by atoms with Crippen LogP contribution in [0.1, 0.15) is 36.2 Å². The number of carbonyl (C=O) groups is 1. The van der Waals surface area contributed by atoms with Crippen LogP contribution in [0.4, 0.5) is 8.78 Å². The van der Waals surface area contributed by atoms with E-state index >= 15 is 0 Å². The topological polar surface area (TPSA) is 57.2 Å². The molecule has 8 heteroatoms. The zero-order valence-electron chi connectivity index (χ0n) is 18.4. The van der Waals surface area contributed by atoms with Crippen molar-refractivity contribution in [1.29, 1.82) is 0 Å². The first kappa shape index (κ1) is 22.5. The molecular weight excluding hydrogens is 420 g/mol. The molecule has 2 heterocycles. The Kier molecular flexibility index (Phi) is 6.09. The minimum atomic E-state index is -1.49. The Labute approximate surface area is 186 Å². The number of methoxy groups -OCH3 is 1. The van der Waals surface area contributed by atoms with Crippen molar-refractivity contribution in [3.63, 3.8) is 0 Å². The van der Waals surface area contributed by atoms with Gasteiger partial charge >= 0.3 is 0 Å². The van der Waals surface area contributed by atoms with Gasteiger partial charge in [-0.3, -0.25) is 4.79 Å². The van der Waals surface area contributed by atoms with Crippen LogP contribution in [0.15, 0.2) is 42.5 Å². The minimum absolute atomic E-state index is 0.120. The molecule has 1 amide bonds. The molecule has 0 bridgehead atoms. The van der Waals surface area contributed by atoms with Crippen molar-refractivity contribution in [2.24, 2.45) is 0 Å². The van der Waals surface area contributed by atoms with Gasteiger partial charge in [-0.2, -0.15) is 0 Å². The van der Waals surface area contributed by atoms with Crippen LogP contribution in [0.5, 0.6) is 11.5 Å². The summed E-state index contributed by atoms with van der Waals surface area (Å²) in [6, 6.07) is 11.1. The van der Waals surface area contributed by atoms with Gasteiger partial charge in [0.2, 0.25) is 0 Å². The average molecular weight is 447 g/mol. The molecule has 2 aliphatic heterocycles. The van der Waals surface area contributed by atoms with Crippen LogP contribution < -0.4 is 9.47 Å². The van der Waals surface area contributed by atoms with Crippen molar-refractivity contribution in [2.45, 2.75) is 37.6 Å². The molecule has 6 nitrogen and oxygen atoms in total. The Balaban J connectivity index is 1.49. The molecule has 4 rings (SSSR count). The van der Waals surface area contributed by atoms with Gasteiger partial charge in [0.15, 0.2) is 11.5 Å². The van der Waals surface area contributed by atoms with Gasteiger partial charge in [-0.1, -0.05) is 12.1 Å². The number of hydrogen-bond donors (Lipinski definition) is 0. The molecule has 0 N–H and O–H groups in total. The summed E-state index contributed by atoms with van der Waals surface area (Å²) in [5.74, 6) is 0.239. The second-order valence-electron chi connectivity index (χ2n) is 8.69. The Bertz CT molecular complexity index is 975. The highest BCUT2D eigenvalue weighted by Gasteiger charge is 2.51. The largest absolute Gasteiger partial charge is 0.493 e. The molecule has 0 unspecified atom stereocenters. The number of carbonyl (C=O) groups excluding carboxylic acids is 1. The van der Waals surface area contributed by atoms with Crippen LogP contribution in [0.3, 0.4) is 0 Å². The monoisotopic (exact) mass is 447 g/mol. The standard InChI is InChI=1S/C24H27F2NO5/c1-23(2,26)14-30-19-9-4-16(12-20(19)29-3)22(28)27-11-10-24(21(13-27)31-15-32-24)17-5-7-18(25)8-6-17/h4-9,12,21H,10-11,13-15H2,1-3H3/t21-,24-/m0/s1. The Morgan fingerprint density at radius 2 is 1.97 bits per heavy atom. The molecule has 0 aromatic heterocycles. The average Bonchev–Trinajstić information content (AvgIpc) is 3.21. The zero-order chi connectivity index (χ0) is 22.9. The number of likely N-dealkylation sites (tertiary alicyclic amines) is 1. The third kappa shape index (κ3) is 4.42. The van der Waals surface area contributed by atoms with Crippen molar-refractivity contribution in [3.05, 3.63) is 59.4 Å². The number of alkyl halides is 1. The summed E-state index contributed by atoms with van der Waals surface area (Å²) in [7, 11) is 1.47. The van der Waals surface area contributed by atoms with Crippen LogP contribution in [0, 0.1) is 5.82 Å². The third-order valence-corrected chi connectivity index (χ3v) is 5.85. The normalized spacial score (nSPS) is 23.0. The number of nitrogens with zero attached hydrogens (tertiary/aromatic N) is 1. The third-order valence-electron chi connectivity index (χ3n) is 5.85. The number of halogens is 2. The molecule has 172 valence electrons. The first-order valence-corrected chi connectivity index (χ1v) is 10.5. The number of fused-ring (bicyclic) bond motifs is 1. The van der Waals surface area contributed by atoms with Crippen molar-refractivity contribution >= 4 is 5.91 Å². The van der Waals surface area contributed by atoms with E-state index in [0.717, 1.165) is 5.56 Å². The molecule has 0 saturated carbocycles. The maximum absolute atomic E-state index is 13.8. The summed E-state index contributed by atoms with van der Waals surface area (Å²) >= 11 is 0. The first-order chi connectivity index (χ1) is 15.2. The summed E-state index contributed by atoms with van der Waals surface area (Å²) in [5.41, 5.74) is -0.915. The molecule has 2 saturated heterocycles. The molecule has 32 heavy (non-hydrogen) atoms. The number of benzene rings is 2. The van der Waals surface area contributed by atoms with E-state index in [1.165, 1.54) is 33.1 Å². The van der Waals surface area contributed by atoms with Gasteiger partial charge < -0.3 is 23.8 Å². The van der Waals surface area contributed by atoms with Gasteiger partial charge in [0.25, 0.3) is 5.91 Å². The van der Waals surface area contributed by atoms with Crippen LogP contribution >= 0.6 is 0 Å². The molecule has 2 aromatic rings. The molecule has 2 aromatic carbocycles. The lowest BCUT2D eigenvalue weighted by Gasteiger charge is -2.42. The van der Waals surface area contributed by atoms with Crippen molar-refractivity contribution in [3.8, 4) is 11.5 Å². The Morgan fingerprint density at radius 3 is 2.66 bits per heavy atom. The second kappa shape index (κ2) is 8.67. The van der Waals surface area contributed by atoms with Crippen molar-refractivity contribution in [1.82, 2.24) is 4.90 Å². The Morgan fingerprint density at radius 1 is 1.22 bits per heavy atom. The highest BCUT2D eigenvalue weighted by Crippen LogP contribution is 2.43. The lowest BCUT2D eigenvalue weighted by Crippen LogP contribution is -2.53. The Hall–Kier alpha value is -2.71. The van der Waals surface area contributed by atoms with Crippen LogP contribution in [0.2, 0.25) is 0 Å². The van der Waals surface area contributed by atoms with E-state index in [1.54, 1.807) is 35.2 Å². The summed E-state index contributed by atoms with van der Waals surface area (Å²) in [4.78, 5) is 14.9. The molecule has 0 aliphatic carbocycles. The summed E-state index contributed by atoms with van der Waals surface area (Å²) < 4.78 is 49.8. The van der Waals surface area contributed by atoms with E-state index in [4.69, 9.17) is 18.9 Å². The predicted octanol–water partition coefficient (Wildman–Crippen LogP) is 4.08. The fourth-order valence-corrected chi connectivity index (χ4v) is 4.16. The first-order valence-electron chi connectivity index (χ1n) is 10.5. The quantitative estimate of drug-likeness (QED) is 0.668. The van der Waals surface area contributed by atoms with E-state index in [9.17, 15) is 13.6 Å². The van der Waals surface area contributed by atoms with Gasteiger partial charge in [-0.05, 0) is 49.7 Å². The van der Waals surface area contributed by atoms with Gasteiger partial charge in [-0.25, -0.2) is 8.78 Å². The fraction of sp³-hybridized carbons (Fsp3) is 0.458. The van der Waals surface area contributed by atoms with E-state index in [0.29, 0.717) is 36.6 Å². The SMILES string of the molecule is COc1cc(C(=O)N2CC[C@@]3(c4ccc(F)cc4)OCO[C@H]3C2)ccc1OCC(C)(C)F. The van der Waals surface area contributed by atoms with Crippen LogP contribution in [-0.4, -0.2) is 56.2 Å². The maximum Gasteiger partial charge on any atom is 0.254 e. The molecule has 2 atom stereocenters.